The van der Waals surface area contributed by atoms with E-state index in [4.69, 9.17) is 10.5 Å². The fraction of sp³-hybridized carbons (Fsp3) is 1.00. The molecule has 0 heterocycles. The van der Waals surface area contributed by atoms with Gasteiger partial charge in [-0.1, -0.05) is 13.8 Å². The van der Waals surface area contributed by atoms with Crippen molar-refractivity contribution in [2.45, 2.75) is 20.3 Å². The summed E-state index contributed by atoms with van der Waals surface area (Å²) < 4.78 is 5.01. The van der Waals surface area contributed by atoms with Crippen LogP contribution in [0.5, 0.6) is 0 Å². The minimum atomic E-state index is 0.630. The summed E-state index contributed by atoms with van der Waals surface area (Å²) in [7, 11) is 1.74. The van der Waals surface area contributed by atoms with Gasteiger partial charge in [0.2, 0.25) is 0 Å². The van der Waals surface area contributed by atoms with E-state index >= 15 is 0 Å². The van der Waals surface area contributed by atoms with E-state index in [0.29, 0.717) is 11.8 Å². The Morgan fingerprint density at radius 2 is 1.90 bits per heavy atom. The molecule has 2 N–H and O–H groups in total. The van der Waals surface area contributed by atoms with Crippen molar-refractivity contribution in [3.8, 4) is 0 Å². The van der Waals surface area contributed by atoms with Crippen molar-refractivity contribution in [3.63, 3.8) is 0 Å². The van der Waals surface area contributed by atoms with Crippen molar-refractivity contribution < 1.29 is 4.74 Å². The molecule has 0 amide bonds. The van der Waals surface area contributed by atoms with Gasteiger partial charge in [0.05, 0.1) is 0 Å². The molecule has 2 heteroatoms. The van der Waals surface area contributed by atoms with Crippen LogP contribution in [-0.2, 0) is 4.74 Å². The third-order valence-corrected chi connectivity index (χ3v) is 1.66. The van der Waals surface area contributed by atoms with Crippen LogP contribution in [0.25, 0.3) is 0 Å². The van der Waals surface area contributed by atoms with Crippen LogP contribution in [-0.4, -0.2) is 20.3 Å². The Hall–Kier alpha value is -0.0800. The van der Waals surface area contributed by atoms with Crippen LogP contribution in [0.3, 0.4) is 0 Å². The van der Waals surface area contributed by atoms with Gasteiger partial charge in [0.25, 0.3) is 0 Å². The molecule has 0 fully saturated rings. The highest BCUT2D eigenvalue weighted by molar-refractivity contribution is 4.58. The summed E-state index contributed by atoms with van der Waals surface area (Å²) in [6.07, 6.45) is 1.17. The van der Waals surface area contributed by atoms with Crippen LogP contribution < -0.4 is 5.73 Å². The molecule has 0 spiro atoms. The highest BCUT2D eigenvalue weighted by Gasteiger charge is 2.05. The molecule has 0 rings (SSSR count). The molecule has 0 aliphatic rings. The maximum Gasteiger partial charge on any atom is 0.0487 e. The summed E-state index contributed by atoms with van der Waals surface area (Å²) in [5.74, 6) is 1.27. The van der Waals surface area contributed by atoms with Gasteiger partial charge in [-0.05, 0) is 24.8 Å². The Morgan fingerprint density at radius 3 is 2.30 bits per heavy atom. The average Bonchev–Trinajstić information content (AvgIpc) is 1.88. The second-order valence-corrected chi connectivity index (χ2v) is 3.14. The van der Waals surface area contributed by atoms with Gasteiger partial charge in [0, 0.05) is 13.7 Å². The van der Waals surface area contributed by atoms with Crippen LogP contribution in [0.15, 0.2) is 0 Å². The van der Waals surface area contributed by atoms with Crippen molar-refractivity contribution in [2.24, 2.45) is 17.6 Å². The minimum Gasteiger partial charge on any atom is -0.384 e. The molecule has 62 valence electrons. The Balaban J connectivity index is 3.27. The Labute approximate surface area is 63.7 Å². The lowest BCUT2D eigenvalue weighted by Gasteiger charge is -2.14. The van der Waals surface area contributed by atoms with Crippen LogP contribution >= 0.6 is 0 Å². The summed E-state index contributed by atoms with van der Waals surface area (Å²) in [6.45, 7) is 6.00. The fourth-order valence-electron chi connectivity index (χ4n) is 1.14. The zero-order valence-corrected chi connectivity index (χ0v) is 7.26. The Kier molecular flexibility index (Phi) is 5.64. The monoisotopic (exact) mass is 145 g/mol. The van der Waals surface area contributed by atoms with Gasteiger partial charge in [-0.25, -0.2) is 0 Å². The average molecular weight is 145 g/mol. The van der Waals surface area contributed by atoms with E-state index in [1.54, 1.807) is 7.11 Å². The van der Waals surface area contributed by atoms with Crippen molar-refractivity contribution >= 4 is 0 Å². The van der Waals surface area contributed by atoms with Gasteiger partial charge in [0.1, 0.15) is 0 Å². The van der Waals surface area contributed by atoms with Crippen LogP contribution in [0.2, 0.25) is 0 Å². The first kappa shape index (κ1) is 9.92. The first-order valence-electron chi connectivity index (χ1n) is 3.89. The maximum atomic E-state index is 5.48. The molecule has 0 aromatic carbocycles. The first-order chi connectivity index (χ1) is 4.70. The minimum absolute atomic E-state index is 0.630. The molecule has 0 radical (unpaired) electrons. The lowest BCUT2D eigenvalue weighted by molar-refractivity contribution is 0.148. The normalized spacial score (nSPS) is 16.8. The third kappa shape index (κ3) is 4.77. The summed E-state index contributed by atoms with van der Waals surface area (Å²) in [6, 6.07) is 0. The lowest BCUT2D eigenvalue weighted by atomic mass is 9.98. The van der Waals surface area contributed by atoms with Gasteiger partial charge in [0.15, 0.2) is 0 Å². The van der Waals surface area contributed by atoms with Crippen molar-refractivity contribution in [1.29, 1.82) is 0 Å². The quantitative estimate of drug-likeness (QED) is 0.632. The van der Waals surface area contributed by atoms with E-state index in [-0.39, 0.29) is 0 Å². The van der Waals surface area contributed by atoms with Crippen LogP contribution in [0, 0.1) is 11.8 Å². The molecular weight excluding hydrogens is 126 g/mol. The maximum absolute atomic E-state index is 5.48. The predicted octanol–water partition coefficient (Wildman–Crippen LogP) is 1.25. The van der Waals surface area contributed by atoms with Gasteiger partial charge in [-0.15, -0.1) is 0 Å². The van der Waals surface area contributed by atoms with Crippen LogP contribution in [0.1, 0.15) is 20.3 Å². The van der Waals surface area contributed by atoms with Gasteiger partial charge < -0.3 is 10.5 Å². The predicted molar refractivity (Wildman–Crippen MR) is 43.9 cm³/mol. The zero-order valence-electron chi connectivity index (χ0n) is 7.26. The van der Waals surface area contributed by atoms with E-state index in [1.165, 1.54) is 6.42 Å². The molecule has 0 saturated heterocycles. The second kappa shape index (κ2) is 5.69. The number of ether oxygens (including phenoxy) is 1. The van der Waals surface area contributed by atoms with E-state index in [1.807, 2.05) is 0 Å². The van der Waals surface area contributed by atoms with Gasteiger partial charge >= 0.3 is 0 Å². The summed E-state index contributed by atoms with van der Waals surface area (Å²) in [5.41, 5.74) is 5.48. The number of hydrogen-bond acceptors (Lipinski definition) is 2. The number of nitrogens with two attached hydrogens (primary N) is 1. The van der Waals surface area contributed by atoms with E-state index in [0.717, 1.165) is 13.2 Å². The molecule has 0 saturated carbocycles. The summed E-state index contributed by atoms with van der Waals surface area (Å²) >= 11 is 0. The van der Waals surface area contributed by atoms with Crippen molar-refractivity contribution in [2.75, 3.05) is 20.3 Å². The molecule has 2 atom stereocenters. The van der Waals surface area contributed by atoms with Gasteiger partial charge in [-0.2, -0.15) is 0 Å². The van der Waals surface area contributed by atoms with E-state index in [9.17, 15) is 0 Å². The highest BCUT2D eigenvalue weighted by Crippen LogP contribution is 2.09. The largest absolute Gasteiger partial charge is 0.384 e. The first-order valence-corrected chi connectivity index (χ1v) is 3.89. The van der Waals surface area contributed by atoms with Gasteiger partial charge in [-0.3, -0.25) is 0 Å². The Bertz CT molecular complexity index is 75.7. The number of hydrogen-bond donors (Lipinski definition) is 1. The molecule has 0 aromatic heterocycles. The van der Waals surface area contributed by atoms with E-state index in [2.05, 4.69) is 13.8 Å². The van der Waals surface area contributed by atoms with Crippen LogP contribution in [0.4, 0.5) is 0 Å². The third-order valence-electron chi connectivity index (χ3n) is 1.66. The molecule has 2 nitrogen and oxygen atoms in total. The fourth-order valence-corrected chi connectivity index (χ4v) is 1.14. The Morgan fingerprint density at radius 1 is 1.30 bits per heavy atom. The van der Waals surface area contributed by atoms with Crippen molar-refractivity contribution in [3.05, 3.63) is 0 Å². The zero-order chi connectivity index (χ0) is 7.98. The molecule has 0 aliphatic carbocycles. The smallest absolute Gasteiger partial charge is 0.0487 e. The molecule has 0 bridgehead atoms. The van der Waals surface area contributed by atoms with Crippen molar-refractivity contribution in [1.82, 2.24) is 0 Å². The highest BCUT2D eigenvalue weighted by atomic mass is 16.5. The topological polar surface area (TPSA) is 35.2 Å². The molecule has 0 aliphatic heterocycles. The summed E-state index contributed by atoms with van der Waals surface area (Å²) in [4.78, 5) is 0. The molecule has 1 unspecified atom stereocenters. The lowest BCUT2D eigenvalue weighted by Crippen LogP contribution is -2.16. The molecule has 0 aromatic rings. The number of methoxy groups -OCH3 is 1. The molecular formula is C8H19NO. The second-order valence-electron chi connectivity index (χ2n) is 3.14. The summed E-state index contributed by atoms with van der Waals surface area (Å²) in [5, 5.41) is 0. The van der Waals surface area contributed by atoms with E-state index < -0.39 is 0 Å². The number of rotatable bonds is 5. The standard InChI is InChI=1S/C8H19NO/c1-7(5-9)4-8(2)6-10-3/h7-8H,4-6,9H2,1-3H3/t7?,8-/m0/s1. The molecule has 10 heavy (non-hydrogen) atoms. The SMILES string of the molecule is COC[C@@H](C)CC(C)CN.